The molecule has 2 rings (SSSR count). The van der Waals surface area contributed by atoms with E-state index in [0.29, 0.717) is 6.10 Å². The molecule has 19 heavy (non-hydrogen) atoms. The number of ether oxygens (including phenoxy) is 2. The first-order chi connectivity index (χ1) is 9.25. The van der Waals surface area contributed by atoms with Crippen molar-refractivity contribution in [3.8, 4) is 0 Å². The van der Waals surface area contributed by atoms with Gasteiger partial charge in [0.05, 0.1) is 18.8 Å². The number of hydrogen-bond acceptors (Lipinski definition) is 4. The Morgan fingerprint density at radius 1 is 1.47 bits per heavy atom. The molecule has 4 heteroatoms. The smallest absolute Gasteiger partial charge is 0.120 e. The molecule has 1 aromatic heterocycles. The number of hydrogen-bond donors (Lipinski definition) is 1. The molecule has 0 aliphatic carbocycles. The monoisotopic (exact) mass is 267 g/mol. The SMILES string of the molecule is Cc1ccc(C(C)NCCCOCC2CCCO2)o1. The molecular weight excluding hydrogens is 242 g/mol. The number of aryl methyl sites for hydroxylation is 1. The largest absolute Gasteiger partial charge is 0.465 e. The summed E-state index contributed by atoms with van der Waals surface area (Å²) >= 11 is 0. The molecule has 1 fully saturated rings. The molecular formula is C15H25NO3. The van der Waals surface area contributed by atoms with Gasteiger partial charge in [-0.15, -0.1) is 0 Å². The van der Waals surface area contributed by atoms with Gasteiger partial charge in [0.25, 0.3) is 0 Å². The van der Waals surface area contributed by atoms with Gasteiger partial charge in [0, 0.05) is 13.2 Å². The van der Waals surface area contributed by atoms with E-state index < -0.39 is 0 Å². The zero-order chi connectivity index (χ0) is 13.5. The quantitative estimate of drug-likeness (QED) is 0.736. The van der Waals surface area contributed by atoms with Crippen molar-refractivity contribution in [2.45, 2.75) is 45.3 Å². The van der Waals surface area contributed by atoms with Crippen LogP contribution in [0.1, 0.15) is 43.7 Å². The average molecular weight is 267 g/mol. The minimum atomic E-state index is 0.256. The second kappa shape index (κ2) is 7.68. The first-order valence-electron chi connectivity index (χ1n) is 7.25. The third kappa shape index (κ3) is 4.97. The Morgan fingerprint density at radius 2 is 2.37 bits per heavy atom. The molecule has 2 heterocycles. The molecule has 0 aromatic carbocycles. The van der Waals surface area contributed by atoms with Crippen molar-refractivity contribution in [3.63, 3.8) is 0 Å². The van der Waals surface area contributed by atoms with E-state index in [0.717, 1.165) is 50.7 Å². The fourth-order valence-corrected chi connectivity index (χ4v) is 2.27. The highest BCUT2D eigenvalue weighted by atomic mass is 16.5. The number of nitrogens with one attached hydrogen (secondary N) is 1. The van der Waals surface area contributed by atoms with Gasteiger partial charge in [-0.2, -0.15) is 0 Å². The van der Waals surface area contributed by atoms with Crippen LogP contribution < -0.4 is 5.32 Å². The van der Waals surface area contributed by atoms with E-state index in [-0.39, 0.29) is 6.04 Å². The minimum absolute atomic E-state index is 0.256. The van der Waals surface area contributed by atoms with Crippen LogP contribution in [0.25, 0.3) is 0 Å². The van der Waals surface area contributed by atoms with Crippen molar-refractivity contribution in [2.75, 3.05) is 26.4 Å². The molecule has 2 atom stereocenters. The third-order valence-corrected chi connectivity index (χ3v) is 3.43. The van der Waals surface area contributed by atoms with Crippen LogP contribution in [0.4, 0.5) is 0 Å². The van der Waals surface area contributed by atoms with Gasteiger partial charge < -0.3 is 19.2 Å². The summed E-state index contributed by atoms with van der Waals surface area (Å²) in [4.78, 5) is 0. The van der Waals surface area contributed by atoms with Crippen LogP contribution in [-0.2, 0) is 9.47 Å². The molecule has 1 aromatic rings. The summed E-state index contributed by atoms with van der Waals surface area (Å²) in [6.07, 6.45) is 3.66. The first-order valence-corrected chi connectivity index (χ1v) is 7.25. The molecule has 4 nitrogen and oxygen atoms in total. The molecule has 0 spiro atoms. The summed E-state index contributed by atoms with van der Waals surface area (Å²) < 4.78 is 16.7. The molecule has 2 unspecified atom stereocenters. The lowest BCUT2D eigenvalue weighted by Crippen LogP contribution is -2.21. The van der Waals surface area contributed by atoms with Gasteiger partial charge in [0.2, 0.25) is 0 Å². The normalized spacial score (nSPS) is 20.8. The van der Waals surface area contributed by atoms with E-state index in [4.69, 9.17) is 13.9 Å². The fraction of sp³-hybridized carbons (Fsp3) is 0.733. The Morgan fingerprint density at radius 3 is 3.05 bits per heavy atom. The minimum Gasteiger partial charge on any atom is -0.465 e. The molecule has 0 amide bonds. The Bertz CT molecular complexity index is 358. The van der Waals surface area contributed by atoms with E-state index in [1.165, 1.54) is 6.42 Å². The van der Waals surface area contributed by atoms with Crippen molar-refractivity contribution in [1.82, 2.24) is 5.32 Å². The van der Waals surface area contributed by atoms with Crippen LogP contribution in [0.15, 0.2) is 16.5 Å². The Balaban J connectivity index is 1.49. The van der Waals surface area contributed by atoms with Crippen LogP contribution in [0.3, 0.4) is 0 Å². The van der Waals surface area contributed by atoms with Gasteiger partial charge in [-0.1, -0.05) is 0 Å². The van der Waals surface area contributed by atoms with Gasteiger partial charge in [0.15, 0.2) is 0 Å². The zero-order valence-electron chi connectivity index (χ0n) is 12.0. The highest BCUT2D eigenvalue weighted by Crippen LogP contribution is 2.15. The van der Waals surface area contributed by atoms with Gasteiger partial charge in [-0.3, -0.25) is 0 Å². The standard InChI is InChI=1S/C15H25NO3/c1-12-6-7-15(19-12)13(2)16-8-4-9-17-11-14-5-3-10-18-14/h6-7,13-14,16H,3-5,8-11H2,1-2H3. The molecule has 1 aliphatic heterocycles. The van der Waals surface area contributed by atoms with Gasteiger partial charge >= 0.3 is 0 Å². The van der Waals surface area contributed by atoms with E-state index >= 15 is 0 Å². The van der Waals surface area contributed by atoms with Crippen molar-refractivity contribution in [1.29, 1.82) is 0 Å². The Hall–Kier alpha value is -0.840. The topological polar surface area (TPSA) is 43.6 Å². The maximum absolute atomic E-state index is 5.62. The Kier molecular flexibility index (Phi) is 5.89. The van der Waals surface area contributed by atoms with Crippen LogP contribution in [0.5, 0.6) is 0 Å². The third-order valence-electron chi connectivity index (χ3n) is 3.43. The predicted molar refractivity (Wildman–Crippen MR) is 74.3 cm³/mol. The van der Waals surface area contributed by atoms with Crippen molar-refractivity contribution in [3.05, 3.63) is 23.7 Å². The second-order valence-corrected chi connectivity index (χ2v) is 5.19. The molecule has 1 aliphatic rings. The highest BCUT2D eigenvalue weighted by Gasteiger charge is 2.15. The van der Waals surface area contributed by atoms with Crippen molar-refractivity contribution < 1.29 is 13.9 Å². The van der Waals surface area contributed by atoms with Crippen LogP contribution in [-0.4, -0.2) is 32.5 Å². The predicted octanol–water partition coefficient (Wildman–Crippen LogP) is 2.82. The summed E-state index contributed by atoms with van der Waals surface area (Å²) in [6, 6.07) is 4.28. The van der Waals surface area contributed by atoms with Crippen molar-refractivity contribution >= 4 is 0 Å². The lowest BCUT2D eigenvalue weighted by molar-refractivity contribution is 0.0165. The molecule has 108 valence electrons. The van der Waals surface area contributed by atoms with E-state index in [1.54, 1.807) is 0 Å². The fourth-order valence-electron chi connectivity index (χ4n) is 2.27. The van der Waals surface area contributed by atoms with Crippen LogP contribution >= 0.6 is 0 Å². The summed E-state index contributed by atoms with van der Waals surface area (Å²) in [7, 11) is 0. The Labute approximate surface area is 115 Å². The summed E-state index contributed by atoms with van der Waals surface area (Å²) in [5.74, 6) is 1.96. The number of rotatable bonds is 8. The molecule has 0 bridgehead atoms. The maximum Gasteiger partial charge on any atom is 0.120 e. The molecule has 1 saturated heterocycles. The van der Waals surface area contributed by atoms with Gasteiger partial charge in [0.1, 0.15) is 11.5 Å². The van der Waals surface area contributed by atoms with Crippen LogP contribution in [0.2, 0.25) is 0 Å². The van der Waals surface area contributed by atoms with Gasteiger partial charge in [-0.05, 0) is 51.8 Å². The lowest BCUT2D eigenvalue weighted by Gasteiger charge is -2.12. The molecule has 0 saturated carbocycles. The summed E-state index contributed by atoms with van der Waals surface area (Å²) in [6.45, 7) is 7.45. The first kappa shape index (κ1) is 14.6. The summed E-state index contributed by atoms with van der Waals surface area (Å²) in [5.41, 5.74) is 0. The number of furan rings is 1. The summed E-state index contributed by atoms with van der Waals surface area (Å²) in [5, 5.41) is 3.44. The molecule has 1 N–H and O–H groups in total. The van der Waals surface area contributed by atoms with Crippen LogP contribution in [0, 0.1) is 6.92 Å². The highest BCUT2D eigenvalue weighted by molar-refractivity contribution is 5.08. The van der Waals surface area contributed by atoms with E-state index in [9.17, 15) is 0 Å². The van der Waals surface area contributed by atoms with E-state index in [1.807, 2.05) is 19.1 Å². The van der Waals surface area contributed by atoms with Crippen molar-refractivity contribution in [2.24, 2.45) is 0 Å². The zero-order valence-corrected chi connectivity index (χ0v) is 12.0. The maximum atomic E-state index is 5.62. The van der Waals surface area contributed by atoms with E-state index in [2.05, 4.69) is 12.2 Å². The lowest BCUT2D eigenvalue weighted by atomic mass is 10.2. The molecule has 0 radical (unpaired) electrons. The average Bonchev–Trinajstić information content (AvgIpc) is 3.04. The van der Waals surface area contributed by atoms with Gasteiger partial charge in [-0.25, -0.2) is 0 Å². The second-order valence-electron chi connectivity index (χ2n) is 5.19.